The molecule has 0 N–H and O–H groups in total. The van der Waals surface area contributed by atoms with Gasteiger partial charge in [0, 0.05) is 6.42 Å². The van der Waals surface area contributed by atoms with Gasteiger partial charge in [0.1, 0.15) is 6.61 Å². The lowest BCUT2D eigenvalue weighted by molar-refractivity contribution is -0.423. The maximum Gasteiger partial charge on any atom is 0.451 e. The van der Waals surface area contributed by atoms with Crippen molar-refractivity contribution in [2.24, 2.45) is 0 Å². The monoisotopic (exact) mass is 410 g/mol. The second-order valence-corrected chi connectivity index (χ2v) is 4.71. The predicted molar refractivity (Wildman–Crippen MR) is 51.9 cm³/mol. The highest BCUT2D eigenvalue weighted by atomic mass is 19.4. The first-order chi connectivity index (χ1) is 10.7. The zero-order valence-electron chi connectivity index (χ0n) is 11.7. The average Bonchev–Trinajstić information content (AvgIpc) is 2.39. The van der Waals surface area contributed by atoms with Crippen molar-refractivity contribution in [1.82, 2.24) is 0 Å². The van der Waals surface area contributed by atoms with E-state index in [4.69, 9.17) is 0 Å². The summed E-state index contributed by atoms with van der Waals surface area (Å²) in [6, 6.07) is 0. The molecule has 0 saturated carbocycles. The van der Waals surface area contributed by atoms with Gasteiger partial charge in [0.05, 0.1) is 0 Å². The maximum absolute atomic E-state index is 13.6. The highest BCUT2D eigenvalue weighted by Gasteiger charge is 2.84. The molecule has 0 heterocycles. The van der Waals surface area contributed by atoms with Gasteiger partial charge in [0.15, 0.2) is 0 Å². The molecule has 0 aromatic rings. The minimum Gasteiger partial charge on any atom is -0.330 e. The zero-order valence-corrected chi connectivity index (χ0v) is 11.7. The lowest BCUT2D eigenvalue weighted by Gasteiger charge is -2.39. The molecule has 25 heavy (non-hydrogen) atoms. The molecule has 0 bridgehead atoms. The Morgan fingerprint density at radius 2 is 1.04 bits per heavy atom. The van der Waals surface area contributed by atoms with Crippen molar-refractivity contribution in [2.75, 3.05) is 6.61 Å². The van der Waals surface area contributed by atoms with Crippen molar-refractivity contribution in [2.45, 2.75) is 55.5 Å². The summed E-state index contributed by atoms with van der Waals surface area (Å²) >= 11 is 0. The number of halogens is 14. The van der Waals surface area contributed by atoms with Gasteiger partial charge in [-0.25, -0.2) is 17.6 Å². The number of ether oxygens (including phenoxy) is 1. The molecule has 0 aliphatic heterocycles. The molecule has 2 atom stereocenters. The zero-order chi connectivity index (χ0) is 20.7. The molecule has 0 aliphatic carbocycles. The first-order valence-corrected chi connectivity index (χ1v) is 5.91. The fourth-order valence-electron chi connectivity index (χ4n) is 1.32. The number of hydrogen-bond donors (Lipinski definition) is 0. The van der Waals surface area contributed by atoms with Crippen LogP contribution in [0.2, 0.25) is 0 Å². The Labute approximate surface area is 129 Å². The van der Waals surface area contributed by atoms with Crippen LogP contribution in [0.3, 0.4) is 0 Å². The Hall–Kier alpha value is -1.02. The minimum absolute atomic E-state index is 0.578. The van der Waals surface area contributed by atoms with Gasteiger partial charge < -0.3 is 4.74 Å². The van der Waals surface area contributed by atoms with E-state index in [0.717, 1.165) is 0 Å². The van der Waals surface area contributed by atoms with Crippen LogP contribution in [-0.4, -0.2) is 48.8 Å². The third kappa shape index (κ3) is 4.39. The molecular formula is C10H8F14O. The van der Waals surface area contributed by atoms with E-state index in [1.54, 1.807) is 0 Å². The predicted octanol–water partition coefficient (Wildman–Crippen LogP) is 5.45. The SMILES string of the molecule is CCC(F)(F)COC(F)(C(F)C(F)(C(F)(F)F)C(F)(F)F)C(F)(F)F. The van der Waals surface area contributed by atoms with Crippen LogP contribution in [0.1, 0.15) is 13.3 Å². The van der Waals surface area contributed by atoms with Gasteiger partial charge in [0.2, 0.25) is 6.17 Å². The topological polar surface area (TPSA) is 9.23 Å². The smallest absolute Gasteiger partial charge is 0.330 e. The Morgan fingerprint density at radius 3 is 1.28 bits per heavy atom. The van der Waals surface area contributed by atoms with Crippen molar-refractivity contribution in [3.05, 3.63) is 0 Å². The van der Waals surface area contributed by atoms with E-state index in [1.807, 2.05) is 0 Å². The van der Waals surface area contributed by atoms with E-state index < -0.39 is 55.2 Å². The first kappa shape index (κ1) is 24.0. The minimum atomic E-state index is -7.41. The van der Waals surface area contributed by atoms with Gasteiger partial charge in [-0.2, -0.15) is 43.9 Å². The van der Waals surface area contributed by atoms with Gasteiger partial charge >= 0.3 is 30.1 Å². The molecule has 0 amide bonds. The largest absolute Gasteiger partial charge is 0.451 e. The van der Waals surface area contributed by atoms with E-state index >= 15 is 0 Å². The molecule has 0 rings (SSSR count). The third-order valence-corrected chi connectivity index (χ3v) is 2.90. The molecule has 0 aromatic heterocycles. The van der Waals surface area contributed by atoms with Crippen LogP contribution >= 0.6 is 0 Å². The Morgan fingerprint density at radius 1 is 0.680 bits per heavy atom. The molecule has 0 fully saturated rings. The second kappa shape index (κ2) is 6.61. The summed E-state index contributed by atoms with van der Waals surface area (Å²) in [5.41, 5.74) is -7.38. The Bertz CT molecular complexity index is 434. The van der Waals surface area contributed by atoms with Crippen molar-refractivity contribution in [3.63, 3.8) is 0 Å². The fourth-order valence-corrected chi connectivity index (χ4v) is 1.32. The summed E-state index contributed by atoms with van der Waals surface area (Å²) in [6.45, 7) is -2.18. The van der Waals surface area contributed by atoms with E-state index in [0.29, 0.717) is 6.92 Å². The fraction of sp³-hybridized carbons (Fsp3) is 1.00. The van der Waals surface area contributed by atoms with E-state index in [-0.39, 0.29) is 0 Å². The molecule has 0 spiro atoms. The van der Waals surface area contributed by atoms with Gasteiger partial charge in [-0.05, 0) is 0 Å². The maximum atomic E-state index is 13.6. The summed E-state index contributed by atoms with van der Waals surface area (Å²) in [5, 5.41) is 0. The van der Waals surface area contributed by atoms with Crippen LogP contribution in [0, 0.1) is 0 Å². The lowest BCUT2D eigenvalue weighted by atomic mass is 9.92. The highest BCUT2D eigenvalue weighted by Crippen LogP contribution is 2.55. The van der Waals surface area contributed by atoms with Gasteiger partial charge in [-0.15, -0.1) is 0 Å². The molecule has 0 aromatic carbocycles. The highest BCUT2D eigenvalue weighted by molar-refractivity contribution is 5.08. The van der Waals surface area contributed by atoms with E-state index in [9.17, 15) is 61.5 Å². The normalized spacial score (nSPS) is 18.8. The van der Waals surface area contributed by atoms with Crippen LogP contribution < -0.4 is 0 Å². The van der Waals surface area contributed by atoms with Crippen molar-refractivity contribution in [3.8, 4) is 0 Å². The standard InChI is InChI=1S/C10H8F14O/c1-2-5(12,13)3-25-7(15,10(22,23)24)4(11)6(14,8(16,17)18)9(19,20)21/h4H,2-3H2,1H3. The molecule has 1 nitrogen and oxygen atoms in total. The first-order valence-electron chi connectivity index (χ1n) is 5.91. The summed E-state index contributed by atoms with van der Waals surface area (Å²) in [7, 11) is 0. The summed E-state index contributed by atoms with van der Waals surface area (Å²) < 4.78 is 179. The van der Waals surface area contributed by atoms with Gasteiger partial charge in [0.25, 0.3) is 5.92 Å². The molecule has 0 aliphatic rings. The molecule has 15 heteroatoms. The molecule has 2 unspecified atom stereocenters. The van der Waals surface area contributed by atoms with E-state index in [1.165, 1.54) is 0 Å². The summed E-state index contributed by atoms with van der Waals surface area (Å²) in [6.07, 6.45) is -29.4. The van der Waals surface area contributed by atoms with Crippen LogP contribution in [0.5, 0.6) is 0 Å². The Kier molecular flexibility index (Phi) is 6.34. The number of hydrogen-bond acceptors (Lipinski definition) is 1. The van der Waals surface area contributed by atoms with Crippen LogP contribution in [0.4, 0.5) is 61.5 Å². The lowest BCUT2D eigenvalue weighted by Crippen LogP contribution is -2.69. The average molecular weight is 410 g/mol. The number of alkyl halides is 14. The van der Waals surface area contributed by atoms with Crippen molar-refractivity contribution < 1.29 is 66.2 Å². The van der Waals surface area contributed by atoms with Crippen LogP contribution in [0.25, 0.3) is 0 Å². The van der Waals surface area contributed by atoms with E-state index in [2.05, 4.69) is 4.74 Å². The summed E-state index contributed by atoms with van der Waals surface area (Å²) in [5.74, 6) is -11.0. The van der Waals surface area contributed by atoms with Crippen molar-refractivity contribution in [1.29, 1.82) is 0 Å². The third-order valence-electron chi connectivity index (χ3n) is 2.90. The van der Waals surface area contributed by atoms with Gasteiger partial charge in [-0.1, -0.05) is 6.92 Å². The van der Waals surface area contributed by atoms with Gasteiger partial charge in [-0.3, -0.25) is 0 Å². The molecule has 0 saturated heterocycles. The molecular weight excluding hydrogens is 402 g/mol. The number of rotatable bonds is 6. The summed E-state index contributed by atoms with van der Waals surface area (Å²) in [4.78, 5) is 0. The van der Waals surface area contributed by atoms with Crippen LogP contribution in [0.15, 0.2) is 0 Å². The molecule has 0 radical (unpaired) electrons. The van der Waals surface area contributed by atoms with Crippen LogP contribution in [-0.2, 0) is 4.74 Å². The second-order valence-electron chi connectivity index (χ2n) is 4.71. The molecule has 152 valence electrons. The quantitative estimate of drug-likeness (QED) is 0.530. The van der Waals surface area contributed by atoms with Crippen molar-refractivity contribution >= 4 is 0 Å². The Balaban J connectivity index is 6.21.